The second kappa shape index (κ2) is 8.67. The fraction of sp³-hybridized carbons (Fsp3) is 0.360. The molecule has 0 unspecified atom stereocenters. The van der Waals surface area contributed by atoms with Crippen LogP contribution < -0.4 is 5.56 Å². The molecule has 0 aliphatic carbocycles. The van der Waals surface area contributed by atoms with E-state index < -0.39 is 0 Å². The molecule has 5 rings (SSSR count). The van der Waals surface area contributed by atoms with Crippen LogP contribution >= 0.6 is 0 Å². The molecule has 2 aliphatic heterocycles. The number of fused-ring (bicyclic) bond motifs is 1. The van der Waals surface area contributed by atoms with Crippen molar-refractivity contribution in [2.24, 2.45) is 0 Å². The van der Waals surface area contributed by atoms with Crippen LogP contribution in [0.5, 0.6) is 0 Å². The number of benzene rings is 1. The van der Waals surface area contributed by atoms with Gasteiger partial charge in [-0.3, -0.25) is 19.5 Å². The lowest BCUT2D eigenvalue weighted by molar-refractivity contribution is 0.0729. The van der Waals surface area contributed by atoms with Crippen molar-refractivity contribution in [3.05, 3.63) is 92.9 Å². The predicted molar refractivity (Wildman–Crippen MR) is 121 cm³/mol. The summed E-state index contributed by atoms with van der Waals surface area (Å²) in [6.45, 7) is 4.86. The van der Waals surface area contributed by atoms with Gasteiger partial charge in [0.2, 0.25) is 0 Å². The largest absolute Gasteiger partial charge is 0.328 e. The first-order valence-corrected chi connectivity index (χ1v) is 11.2. The molecule has 3 aromatic rings. The minimum Gasteiger partial charge on any atom is -0.328 e. The van der Waals surface area contributed by atoms with Crippen molar-refractivity contribution in [1.82, 2.24) is 24.8 Å². The lowest BCUT2D eigenvalue weighted by atomic mass is 10.1. The highest BCUT2D eigenvalue weighted by atomic mass is 16.2. The lowest BCUT2D eigenvalue weighted by Gasteiger charge is -2.29. The third kappa shape index (κ3) is 4.08. The summed E-state index contributed by atoms with van der Waals surface area (Å²) < 4.78 is 0. The summed E-state index contributed by atoms with van der Waals surface area (Å²) in [5.74, 6) is 0.614. The van der Waals surface area contributed by atoms with E-state index >= 15 is 0 Å². The summed E-state index contributed by atoms with van der Waals surface area (Å²) >= 11 is 0. The van der Waals surface area contributed by atoms with Crippen LogP contribution in [0.2, 0.25) is 0 Å². The predicted octanol–water partition coefficient (Wildman–Crippen LogP) is 3.01. The van der Waals surface area contributed by atoms with Crippen molar-refractivity contribution in [2.75, 3.05) is 13.1 Å². The molecule has 2 aliphatic rings. The monoisotopic (exact) mass is 429 g/mol. The Morgan fingerprint density at radius 1 is 1.19 bits per heavy atom. The van der Waals surface area contributed by atoms with Crippen molar-refractivity contribution in [1.29, 1.82) is 0 Å². The van der Waals surface area contributed by atoms with Crippen LogP contribution in [0, 0.1) is 6.92 Å². The van der Waals surface area contributed by atoms with Gasteiger partial charge in [-0.1, -0.05) is 23.8 Å². The number of amides is 1. The van der Waals surface area contributed by atoms with E-state index in [4.69, 9.17) is 4.98 Å². The van der Waals surface area contributed by atoms with E-state index in [2.05, 4.69) is 14.9 Å². The number of carbonyl (C=O) groups excluding carboxylic acids is 1. The van der Waals surface area contributed by atoms with Crippen LogP contribution in [-0.4, -0.2) is 43.7 Å². The number of aromatic nitrogens is 3. The van der Waals surface area contributed by atoms with Gasteiger partial charge in [0, 0.05) is 50.6 Å². The summed E-state index contributed by atoms with van der Waals surface area (Å²) in [6, 6.07) is 11.4. The number of hydrogen-bond donors (Lipinski definition) is 1. The molecule has 1 atom stereocenters. The summed E-state index contributed by atoms with van der Waals surface area (Å²) in [6.07, 6.45) is 6.07. The van der Waals surface area contributed by atoms with Gasteiger partial charge in [0.05, 0.1) is 17.3 Å². The van der Waals surface area contributed by atoms with Crippen molar-refractivity contribution >= 4 is 5.91 Å². The van der Waals surface area contributed by atoms with E-state index in [9.17, 15) is 9.59 Å². The van der Waals surface area contributed by atoms with Crippen LogP contribution in [0.1, 0.15) is 57.5 Å². The van der Waals surface area contributed by atoms with Gasteiger partial charge in [-0.05, 0) is 43.5 Å². The Morgan fingerprint density at radius 3 is 2.81 bits per heavy atom. The molecule has 4 heterocycles. The average molecular weight is 430 g/mol. The Hall–Kier alpha value is -3.32. The van der Waals surface area contributed by atoms with Gasteiger partial charge in [-0.25, -0.2) is 4.98 Å². The number of nitrogens with zero attached hydrogens (tertiary/aromatic N) is 4. The minimum absolute atomic E-state index is 0.00415. The van der Waals surface area contributed by atoms with E-state index in [1.54, 1.807) is 6.20 Å². The molecule has 164 valence electrons. The SMILES string of the molecule is Cc1ccc(C(=O)N2CCC[C@H]2c2nc3c(c(=O)[nH]2)CN(Cc2cccnc2)CC3)cc1. The van der Waals surface area contributed by atoms with Crippen molar-refractivity contribution < 1.29 is 4.79 Å². The van der Waals surface area contributed by atoms with Crippen LogP contribution in [-0.2, 0) is 19.5 Å². The van der Waals surface area contributed by atoms with Crippen molar-refractivity contribution in [3.63, 3.8) is 0 Å². The van der Waals surface area contributed by atoms with E-state index in [-0.39, 0.29) is 17.5 Å². The number of nitrogens with one attached hydrogen (secondary N) is 1. The second-order valence-corrected chi connectivity index (χ2v) is 8.72. The molecule has 1 aromatic carbocycles. The van der Waals surface area contributed by atoms with Crippen LogP contribution in [0.15, 0.2) is 53.6 Å². The summed E-state index contributed by atoms with van der Waals surface area (Å²) in [4.78, 5) is 42.2. The van der Waals surface area contributed by atoms with Gasteiger partial charge in [-0.15, -0.1) is 0 Å². The third-order valence-corrected chi connectivity index (χ3v) is 6.42. The maximum Gasteiger partial charge on any atom is 0.255 e. The standard InChI is InChI=1S/C25H27N5O2/c1-17-6-8-19(9-7-17)25(32)30-12-3-5-22(30)23-27-21-10-13-29(16-20(21)24(31)28-23)15-18-4-2-11-26-14-18/h2,4,6-9,11,14,22H,3,5,10,12-13,15-16H2,1H3,(H,27,28,31)/t22-/m0/s1. The zero-order chi connectivity index (χ0) is 22.1. The fourth-order valence-electron chi connectivity index (χ4n) is 4.70. The molecular weight excluding hydrogens is 402 g/mol. The number of hydrogen-bond acceptors (Lipinski definition) is 5. The third-order valence-electron chi connectivity index (χ3n) is 6.42. The summed E-state index contributed by atoms with van der Waals surface area (Å²) in [5.41, 5.74) is 4.44. The Kier molecular flexibility index (Phi) is 5.57. The minimum atomic E-state index is -0.185. The quantitative estimate of drug-likeness (QED) is 0.689. The van der Waals surface area contributed by atoms with Crippen LogP contribution in [0.25, 0.3) is 0 Å². The van der Waals surface area contributed by atoms with Crippen molar-refractivity contribution in [2.45, 2.75) is 45.3 Å². The lowest BCUT2D eigenvalue weighted by Crippen LogP contribution is -2.37. The average Bonchev–Trinajstić information content (AvgIpc) is 3.30. The van der Waals surface area contributed by atoms with Crippen LogP contribution in [0.4, 0.5) is 0 Å². The molecule has 32 heavy (non-hydrogen) atoms. The first kappa shape index (κ1) is 20.6. The molecule has 0 spiro atoms. The fourth-order valence-corrected chi connectivity index (χ4v) is 4.70. The van der Waals surface area contributed by atoms with E-state index in [0.29, 0.717) is 24.5 Å². The number of aryl methyl sites for hydroxylation is 1. The molecule has 7 heteroatoms. The van der Waals surface area contributed by atoms with E-state index in [1.807, 2.05) is 54.4 Å². The molecule has 0 bridgehead atoms. The van der Waals surface area contributed by atoms with Gasteiger partial charge in [-0.2, -0.15) is 0 Å². The second-order valence-electron chi connectivity index (χ2n) is 8.72. The molecular formula is C25H27N5O2. The molecule has 2 aromatic heterocycles. The van der Waals surface area contributed by atoms with Gasteiger partial charge in [0.25, 0.3) is 11.5 Å². The number of likely N-dealkylation sites (tertiary alicyclic amines) is 1. The molecule has 1 amide bonds. The molecule has 1 fully saturated rings. The Morgan fingerprint density at radius 2 is 2.03 bits per heavy atom. The van der Waals surface area contributed by atoms with E-state index in [1.165, 1.54) is 0 Å². The Labute approximate surface area is 187 Å². The zero-order valence-electron chi connectivity index (χ0n) is 18.3. The number of pyridine rings is 1. The number of rotatable bonds is 4. The maximum atomic E-state index is 13.1. The zero-order valence-corrected chi connectivity index (χ0v) is 18.3. The smallest absolute Gasteiger partial charge is 0.255 e. The topological polar surface area (TPSA) is 82.2 Å². The number of H-pyrrole nitrogens is 1. The van der Waals surface area contributed by atoms with Gasteiger partial charge in [0.1, 0.15) is 5.82 Å². The molecule has 1 N–H and O–H groups in total. The maximum absolute atomic E-state index is 13.1. The van der Waals surface area contributed by atoms with Gasteiger partial charge < -0.3 is 9.88 Å². The Balaban J connectivity index is 1.36. The van der Waals surface area contributed by atoms with Gasteiger partial charge >= 0.3 is 0 Å². The number of carbonyl (C=O) groups is 1. The summed E-state index contributed by atoms with van der Waals surface area (Å²) in [7, 11) is 0. The van der Waals surface area contributed by atoms with Crippen LogP contribution in [0.3, 0.4) is 0 Å². The molecule has 7 nitrogen and oxygen atoms in total. The van der Waals surface area contributed by atoms with Gasteiger partial charge in [0.15, 0.2) is 0 Å². The highest BCUT2D eigenvalue weighted by Gasteiger charge is 2.33. The van der Waals surface area contributed by atoms with Crippen molar-refractivity contribution in [3.8, 4) is 0 Å². The Bertz CT molecular complexity index is 1170. The highest BCUT2D eigenvalue weighted by molar-refractivity contribution is 5.94. The normalized spacial score (nSPS) is 18.5. The molecule has 0 saturated carbocycles. The first-order chi connectivity index (χ1) is 15.6. The molecule has 0 radical (unpaired) electrons. The first-order valence-electron chi connectivity index (χ1n) is 11.2. The molecule has 1 saturated heterocycles. The van der Waals surface area contributed by atoms with E-state index in [0.717, 1.165) is 54.7 Å². The number of aromatic amines is 1. The summed E-state index contributed by atoms with van der Waals surface area (Å²) in [5, 5.41) is 0. The highest BCUT2D eigenvalue weighted by Crippen LogP contribution is 2.31.